The quantitative estimate of drug-likeness (QED) is 0.790. The molecule has 2 rings (SSSR count). The van der Waals surface area contributed by atoms with Crippen LogP contribution in [0.4, 0.5) is 0 Å². The van der Waals surface area contributed by atoms with Crippen LogP contribution in [0.25, 0.3) is 0 Å². The Morgan fingerprint density at radius 2 is 2.00 bits per heavy atom. The zero-order valence-electron chi connectivity index (χ0n) is 11.3. The average Bonchev–Trinajstić information content (AvgIpc) is 2.30. The molecule has 2 unspecified atom stereocenters. The fourth-order valence-electron chi connectivity index (χ4n) is 3.21. The molecule has 0 aromatic heterocycles. The Morgan fingerprint density at radius 3 is 2.61 bits per heavy atom. The van der Waals surface area contributed by atoms with Crippen molar-refractivity contribution in [3.63, 3.8) is 0 Å². The van der Waals surface area contributed by atoms with Crippen molar-refractivity contribution in [1.29, 1.82) is 0 Å². The van der Waals surface area contributed by atoms with Crippen LogP contribution in [0.1, 0.15) is 44.9 Å². The molecule has 0 aromatic carbocycles. The van der Waals surface area contributed by atoms with Gasteiger partial charge in [-0.2, -0.15) is 0 Å². The van der Waals surface area contributed by atoms with E-state index in [0.717, 1.165) is 32.2 Å². The van der Waals surface area contributed by atoms with Gasteiger partial charge in [0.05, 0.1) is 6.10 Å². The summed E-state index contributed by atoms with van der Waals surface area (Å²) in [5.74, 6) is 1.09. The number of aliphatic hydroxyl groups is 1. The Bertz CT molecular complexity index is 290. The lowest BCUT2D eigenvalue weighted by atomic mass is 9.81. The van der Waals surface area contributed by atoms with E-state index >= 15 is 0 Å². The first-order chi connectivity index (χ1) is 8.56. The minimum atomic E-state index is -0.134. The molecule has 2 saturated carbocycles. The summed E-state index contributed by atoms with van der Waals surface area (Å²) >= 11 is 0. The smallest absolute Gasteiger partial charge is 0.222 e. The molecule has 0 spiro atoms. The highest BCUT2D eigenvalue weighted by Gasteiger charge is 2.30. The lowest BCUT2D eigenvalue weighted by molar-refractivity contribution is -0.132. The van der Waals surface area contributed by atoms with E-state index in [1.165, 1.54) is 12.8 Å². The van der Waals surface area contributed by atoms with Crippen molar-refractivity contribution in [1.82, 2.24) is 4.90 Å². The lowest BCUT2D eigenvalue weighted by Gasteiger charge is -2.35. The molecule has 3 N–H and O–H groups in total. The van der Waals surface area contributed by atoms with Crippen LogP contribution < -0.4 is 5.73 Å². The van der Waals surface area contributed by atoms with E-state index in [1.807, 2.05) is 11.9 Å². The first-order valence-electron chi connectivity index (χ1n) is 7.24. The zero-order chi connectivity index (χ0) is 13.1. The van der Waals surface area contributed by atoms with Gasteiger partial charge in [-0.1, -0.05) is 12.8 Å². The van der Waals surface area contributed by atoms with Crippen molar-refractivity contribution in [3.8, 4) is 0 Å². The van der Waals surface area contributed by atoms with Crippen LogP contribution >= 0.6 is 0 Å². The molecule has 1 amide bonds. The maximum atomic E-state index is 12.1. The largest absolute Gasteiger partial charge is 0.393 e. The number of aliphatic hydroxyl groups excluding tert-OH is 1. The van der Waals surface area contributed by atoms with Gasteiger partial charge in [0.1, 0.15) is 0 Å². The van der Waals surface area contributed by atoms with E-state index in [0.29, 0.717) is 18.3 Å². The predicted octanol–water partition coefficient (Wildman–Crippen LogP) is 1.12. The van der Waals surface area contributed by atoms with Crippen LogP contribution in [0, 0.1) is 11.8 Å². The number of hydrogen-bond acceptors (Lipinski definition) is 3. The lowest BCUT2D eigenvalue weighted by Crippen LogP contribution is -2.42. The maximum Gasteiger partial charge on any atom is 0.222 e. The van der Waals surface area contributed by atoms with E-state index in [-0.39, 0.29) is 18.1 Å². The maximum absolute atomic E-state index is 12.1. The van der Waals surface area contributed by atoms with Gasteiger partial charge in [-0.05, 0) is 37.5 Å². The number of hydrogen-bond donors (Lipinski definition) is 2. The van der Waals surface area contributed by atoms with Crippen molar-refractivity contribution < 1.29 is 9.90 Å². The molecule has 0 aliphatic heterocycles. The van der Waals surface area contributed by atoms with Crippen LogP contribution in [0.5, 0.6) is 0 Å². The molecule has 2 fully saturated rings. The zero-order valence-corrected chi connectivity index (χ0v) is 11.3. The molecular weight excluding hydrogens is 228 g/mol. The number of nitrogens with zero attached hydrogens (tertiary/aromatic N) is 1. The highest BCUT2D eigenvalue weighted by Crippen LogP contribution is 2.29. The number of rotatable bonds is 4. The van der Waals surface area contributed by atoms with Crippen LogP contribution in [0.2, 0.25) is 0 Å². The Balaban J connectivity index is 1.72. The van der Waals surface area contributed by atoms with Crippen molar-refractivity contribution in [2.45, 2.75) is 57.1 Å². The molecule has 2 aliphatic carbocycles. The Hall–Kier alpha value is -0.610. The van der Waals surface area contributed by atoms with E-state index in [4.69, 9.17) is 5.73 Å². The normalized spacial score (nSPS) is 35.9. The minimum absolute atomic E-state index is 0.134. The number of carbonyl (C=O) groups is 1. The summed E-state index contributed by atoms with van der Waals surface area (Å²) in [6.07, 6.45) is 6.75. The number of nitrogens with two attached hydrogens (primary N) is 1. The molecule has 0 bridgehead atoms. The molecule has 0 heterocycles. The fourth-order valence-corrected chi connectivity index (χ4v) is 3.21. The highest BCUT2D eigenvalue weighted by molar-refractivity contribution is 5.76. The summed E-state index contributed by atoms with van der Waals surface area (Å²) in [5, 5.41) is 9.25. The van der Waals surface area contributed by atoms with Crippen LogP contribution in [0.15, 0.2) is 0 Å². The van der Waals surface area contributed by atoms with Crippen LogP contribution in [0.3, 0.4) is 0 Å². The van der Waals surface area contributed by atoms with E-state index in [1.54, 1.807) is 0 Å². The van der Waals surface area contributed by atoms with E-state index in [2.05, 4.69) is 0 Å². The van der Waals surface area contributed by atoms with Gasteiger partial charge < -0.3 is 15.7 Å². The molecule has 0 radical (unpaired) electrons. The van der Waals surface area contributed by atoms with Gasteiger partial charge in [-0.15, -0.1) is 0 Å². The van der Waals surface area contributed by atoms with Crippen molar-refractivity contribution in [2.75, 3.05) is 13.6 Å². The average molecular weight is 254 g/mol. The fraction of sp³-hybridized carbons (Fsp3) is 0.929. The monoisotopic (exact) mass is 254 g/mol. The highest BCUT2D eigenvalue weighted by atomic mass is 16.3. The Morgan fingerprint density at radius 1 is 1.33 bits per heavy atom. The SMILES string of the molecule is CN(CC1CC(O)C1)C(=O)CC1CCCCC1N. The molecule has 2 atom stereocenters. The van der Waals surface area contributed by atoms with Crippen molar-refractivity contribution >= 4 is 5.91 Å². The third-order valence-corrected chi connectivity index (χ3v) is 4.57. The van der Waals surface area contributed by atoms with Gasteiger partial charge in [0.25, 0.3) is 0 Å². The molecule has 104 valence electrons. The van der Waals surface area contributed by atoms with Crippen molar-refractivity contribution in [3.05, 3.63) is 0 Å². The molecular formula is C14H26N2O2. The Kier molecular flexibility index (Phi) is 4.62. The summed E-state index contributed by atoms with van der Waals surface area (Å²) in [5.41, 5.74) is 6.08. The van der Waals surface area contributed by atoms with Gasteiger partial charge in [0.2, 0.25) is 5.91 Å². The summed E-state index contributed by atoms with van der Waals surface area (Å²) in [6, 6.07) is 0.210. The second-order valence-corrected chi connectivity index (χ2v) is 6.18. The van der Waals surface area contributed by atoms with Gasteiger partial charge in [0, 0.05) is 26.1 Å². The second-order valence-electron chi connectivity index (χ2n) is 6.18. The van der Waals surface area contributed by atoms with Gasteiger partial charge in [-0.3, -0.25) is 4.79 Å². The first-order valence-corrected chi connectivity index (χ1v) is 7.24. The molecule has 18 heavy (non-hydrogen) atoms. The van der Waals surface area contributed by atoms with Gasteiger partial charge in [0.15, 0.2) is 0 Å². The number of carbonyl (C=O) groups excluding carboxylic acids is 1. The summed E-state index contributed by atoms with van der Waals surface area (Å²) < 4.78 is 0. The Labute approximate surface area is 110 Å². The van der Waals surface area contributed by atoms with Gasteiger partial charge >= 0.3 is 0 Å². The topological polar surface area (TPSA) is 66.6 Å². The van der Waals surface area contributed by atoms with E-state index < -0.39 is 0 Å². The molecule has 2 aliphatic rings. The third kappa shape index (κ3) is 3.45. The van der Waals surface area contributed by atoms with Crippen LogP contribution in [-0.2, 0) is 4.79 Å². The minimum Gasteiger partial charge on any atom is -0.393 e. The third-order valence-electron chi connectivity index (χ3n) is 4.57. The number of amides is 1. The molecule has 4 heteroatoms. The second kappa shape index (κ2) is 6.02. The molecule has 4 nitrogen and oxygen atoms in total. The molecule has 0 saturated heterocycles. The summed E-state index contributed by atoms with van der Waals surface area (Å²) in [4.78, 5) is 14.0. The van der Waals surface area contributed by atoms with Gasteiger partial charge in [-0.25, -0.2) is 0 Å². The molecule has 0 aromatic rings. The predicted molar refractivity (Wildman–Crippen MR) is 70.9 cm³/mol. The first kappa shape index (κ1) is 13.8. The summed E-state index contributed by atoms with van der Waals surface area (Å²) in [7, 11) is 1.88. The van der Waals surface area contributed by atoms with Crippen molar-refractivity contribution in [2.24, 2.45) is 17.6 Å². The van der Waals surface area contributed by atoms with Crippen LogP contribution in [-0.4, -0.2) is 41.7 Å². The summed E-state index contributed by atoms with van der Waals surface area (Å²) in [6.45, 7) is 0.790. The van der Waals surface area contributed by atoms with E-state index in [9.17, 15) is 9.90 Å². The standard InChI is InChI=1S/C14H26N2O2/c1-16(9-10-6-12(17)7-10)14(18)8-11-4-2-3-5-13(11)15/h10-13,17H,2-9,15H2,1H3.